The van der Waals surface area contributed by atoms with Crippen molar-refractivity contribution in [3.63, 3.8) is 0 Å². The lowest BCUT2D eigenvalue weighted by molar-refractivity contribution is -0.138. The van der Waals surface area contributed by atoms with Gasteiger partial charge in [0.25, 0.3) is 10.0 Å². The van der Waals surface area contributed by atoms with Gasteiger partial charge in [0.05, 0.1) is 22.6 Å². The third-order valence-electron chi connectivity index (χ3n) is 3.10. The number of aliphatic carboxylic acids is 1. The van der Waals surface area contributed by atoms with E-state index in [0.717, 1.165) is 12.1 Å². The van der Waals surface area contributed by atoms with E-state index in [1.165, 1.54) is 18.2 Å². The molecular formula is C15H12F3NO4S. The van der Waals surface area contributed by atoms with Crippen molar-refractivity contribution >= 4 is 21.7 Å². The third kappa shape index (κ3) is 4.25. The van der Waals surface area contributed by atoms with Crippen LogP contribution in [-0.4, -0.2) is 19.5 Å². The van der Waals surface area contributed by atoms with Gasteiger partial charge in [-0.3, -0.25) is 9.52 Å². The van der Waals surface area contributed by atoms with Crippen molar-refractivity contribution in [2.75, 3.05) is 4.72 Å². The average Bonchev–Trinajstić information content (AvgIpc) is 2.48. The standard InChI is InChI=1S/C15H12F3NO4S/c16-15(17,18)11-5-7-12(8-6-11)24(22,23)19-13-4-2-1-3-10(13)9-14(20)21/h1-8,19H,9H2,(H,20,21). The first-order chi connectivity index (χ1) is 11.1. The van der Waals surface area contributed by atoms with Crippen LogP contribution in [0.3, 0.4) is 0 Å². The largest absolute Gasteiger partial charge is 0.481 e. The number of hydrogen-bond donors (Lipinski definition) is 2. The molecule has 0 spiro atoms. The Hall–Kier alpha value is -2.55. The van der Waals surface area contributed by atoms with Gasteiger partial charge in [0, 0.05) is 0 Å². The molecule has 2 N–H and O–H groups in total. The molecule has 0 aromatic heterocycles. The first kappa shape index (κ1) is 17.8. The monoisotopic (exact) mass is 359 g/mol. The number of anilines is 1. The van der Waals surface area contributed by atoms with Crippen molar-refractivity contribution in [1.29, 1.82) is 0 Å². The van der Waals surface area contributed by atoms with Gasteiger partial charge in [-0.1, -0.05) is 18.2 Å². The maximum Gasteiger partial charge on any atom is 0.416 e. The molecule has 0 fully saturated rings. The summed E-state index contributed by atoms with van der Waals surface area (Å²) in [6, 6.07) is 8.88. The van der Waals surface area contributed by atoms with Crippen molar-refractivity contribution < 1.29 is 31.5 Å². The van der Waals surface area contributed by atoms with Crippen LogP contribution in [0.25, 0.3) is 0 Å². The van der Waals surface area contributed by atoms with Crippen molar-refractivity contribution in [3.05, 3.63) is 59.7 Å². The Morgan fingerprint density at radius 1 is 1.04 bits per heavy atom. The Labute approximate surface area is 135 Å². The van der Waals surface area contributed by atoms with E-state index in [1.54, 1.807) is 6.07 Å². The van der Waals surface area contributed by atoms with Crippen LogP contribution >= 0.6 is 0 Å². The Bertz CT molecular complexity index is 846. The van der Waals surface area contributed by atoms with Gasteiger partial charge in [0.1, 0.15) is 0 Å². The summed E-state index contributed by atoms with van der Waals surface area (Å²) in [7, 11) is -4.14. The molecule has 9 heteroatoms. The highest BCUT2D eigenvalue weighted by molar-refractivity contribution is 7.92. The van der Waals surface area contributed by atoms with Crippen molar-refractivity contribution in [2.24, 2.45) is 0 Å². The quantitative estimate of drug-likeness (QED) is 0.859. The second-order valence-electron chi connectivity index (χ2n) is 4.86. The molecule has 2 rings (SSSR count). The third-order valence-corrected chi connectivity index (χ3v) is 4.48. The van der Waals surface area contributed by atoms with Crippen LogP contribution in [0.15, 0.2) is 53.4 Å². The van der Waals surface area contributed by atoms with Crippen LogP contribution in [0.2, 0.25) is 0 Å². The highest BCUT2D eigenvalue weighted by Gasteiger charge is 2.30. The van der Waals surface area contributed by atoms with E-state index in [2.05, 4.69) is 4.72 Å². The summed E-state index contributed by atoms with van der Waals surface area (Å²) in [5, 5.41) is 8.83. The van der Waals surface area contributed by atoms with Gasteiger partial charge in [-0.2, -0.15) is 13.2 Å². The topological polar surface area (TPSA) is 83.5 Å². The Morgan fingerprint density at radius 3 is 2.17 bits per heavy atom. The molecule has 24 heavy (non-hydrogen) atoms. The first-order valence-corrected chi connectivity index (χ1v) is 8.08. The zero-order valence-electron chi connectivity index (χ0n) is 12.0. The van der Waals surface area contributed by atoms with Gasteiger partial charge in [-0.15, -0.1) is 0 Å². The highest BCUT2D eigenvalue weighted by Crippen LogP contribution is 2.30. The molecule has 0 amide bonds. The lowest BCUT2D eigenvalue weighted by Gasteiger charge is -2.12. The van der Waals surface area contributed by atoms with Gasteiger partial charge >= 0.3 is 12.1 Å². The normalized spacial score (nSPS) is 12.0. The SMILES string of the molecule is O=C(O)Cc1ccccc1NS(=O)(=O)c1ccc(C(F)(F)F)cc1. The van der Waals surface area contributed by atoms with E-state index < -0.39 is 34.2 Å². The number of alkyl halides is 3. The number of nitrogens with one attached hydrogen (secondary N) is 1. The number of para-hydroxylation sites is 1. The number of carbonyl (C=O) groups is 1. The summed E-state index contributed by atoms with van der Waals surface area (Å²) < 4.78 is 64.3. The molecule has 0 radical (unpaired) electrons. The minimum absolute atomic E-state index is 0.0554. The molecule has 0 saturated heterocycles. The van der Waals surface area contributed by atoms with E-state index in [1.807, 2.05) is 0 Å². The zero-order valence-corrected chi connectivity index (χ0v) is 12.9. The van der Waals surface area contributed by atoms with E-state index in [-0.39, 0.29) is 16.1 Å². The number of carboxylic acid groups (broad SMARTS) is 1. The maximum atomic E-state index is 12.5. The van der Waals surface area contributed by atoms with E-state index >= 15 is 0 Å². The van der Waals surface area contributed by atoms with Gasteiger partial charge < -0.3 is 5.11 Å². The lowest BCUT2D eigenvalue weighted by atomic mass is 10.1. The number of carboxylic acids is 1. The minimum atomic E-state index is -4.57. The van der Waals surface area contributed by atoms with Crippen molar-refractivity contribution in [3.8, 4) is 0 Å². The summed E-state index contributed by atoms with van der Waals surface area (Å²) in [5.74, 6) is -1.14. The van der Waals surface area contributed by atoms with Gasteiger partial charge in [-0.05, 0) is 35.9 Å². The number of hydrogen-bond acceptors (Lipinski definition) is 3. The van der Waals surface area contributed by atoms with Crippen LogP contribution in [0.1, 0.15) is 11.1 Å². The second kappa shape index (κ2) is 6.52. The Balaban J connectivity index is 2.31. The predicted molar refractivity (Wildman–Crippen MR) is 80.0 cm³/mol. The predicted octanol–water partition coefficient (Wildman–Crippen LogP) is 3.13. The minimum Gasteiger partial charge on any atom is -0.481 e. The molecule has 2 aromatic carbocycles. The summed E-state index contributed by atoms with van der Waals surface area (Å²) in [6.45, 7) is 0. The molecule has 0 aliphatic heterocycles. The molecule has 0 heterocycles. The summed E-state index contributed by atoms with van der Waals surface area (Å²) in [5.41, 5.74) is -0.673. The van der Waals surface area contributed by atoms with Gasteiger partial charge in [0.2, 0.25) is 0 Å². The molecule has 0 bridgehead atoms. The second-order valence-corrected chi connectivity index (χ2v) is 6.54. The molecule has 0 unspecified atom stereocenters. The summed E-state index contributed by atoms with van der Waals surface area (Å²) in [6.07, 6.45) is -4.96. The zero-order chi connectivity index (χ0) is 18.0. The fraction of sp³-hybridized carbons (Fsp3) is 0.133. The average molecular weight is 359 g/mol. The van der Waals surface area contributed by atoms with Gasteiger partial charge in [0.15, 0.2) is 0 Å². The van der Waals surface area contributed by atoms with E-state index in [4.69, 9.17) is 5.11 Å². The number of benzene rings is 2. The Kier molecular flexibility index (Phi) is 4.83. The fourth-order valence-electron chi connectivity index (χ4n) is 1.96. The van der Waals surface area contributed by atoms with Crippen molar-refractivity contribution in [2.45, 2.75) is 17.5 Å². The highest BCUT2D eigenvalue weighted by atomic mass is 32.2. The maximum absolute atomic E-state index is 12.5. The summed E-state index contributed by atoms with van der Waals surface area (Å²) >= 11 is 0. The molecule has 128 valence electrons. The van der Waals surface area contributed by atoms with Crippen LogP contribution in [0.5, 0.6) is 0 Å². The molecule has 5 nitrogen and oxygen atoms in total. The number of rotatable bonds is 5. The van der Waals surface area contributed by atoms with Crippen LogP contribution in [-0.2, 0) is 27.4 Å². The van der Waals surface area contributed by atoms with Crippen LogP contribution in [0.4, 0.5) is 18.9 Å². The molecule has 0 aliphatic carbocycles. The molecule has 0 aliphatic rings. The first-order valence-electron chi connectivity index (χ1n) is 6.59. The Morgan fingerprint density at radius 2 is 1.62 bits per heavy atom. The molecule has 0 atom stereocenters. The summed E-state index contributed by atoms with van der Waals surface area (Å²) in [4.78, 5) is 10.4. The molecular weight excluding hydrogens is 347 g/mol. The van der Waals surface area contributed by atoms with Crippen molar-refractivity contribution in [1.82, 2.24) is 0 Å². The molecule has 0 saturated carbocycles. The number of halogens is 3. The van der Waals surface area contributed by atoms with E-state index in [9.17, 15) is 26.4 Å². The van der Waals surface area contributed by atoms with Crippen LogP contribution < -0.4 is 4.72 Å². The van der Waals surface area contributed by atoms with E-state index in [0.29, 0.717) is 12.1 Å². The number of sulfonamides is 1. The fourth-order valence-corrected chi connectivity index (χ4v) is 3.06. The van der Waals surface area contributed by atoms with Gasteiger partial charge in [-0.25, -0.2) is 8.42 Å². The smallest absolute Gasteiger partial charge is 0.416 e. The molecule has 2 aromatic rings. The van der Waals surface area contributed by atoms with Crippen LogP contribution in [0, 0.1) is 0 Å². The lowest BCUT2D eigenvalue weighted by Crippen LogP contribution is -2.15.